The van der Waals surface area contributed by atoms with Gasteiger partial charge in [0.25, 0.3) is 5.91 Å². The van der Waals surface area contributed by atoms with Gasteiger partial charge in [0.1, 0.15) is 5.82 Å². The number of aromatic nitrogens is 2. The van der Waals surface area contributed by atoms with Crippen LogP contribution in [0.2, 0.25) is 0 Å². The van der Waals surface area contributed by atoms with E-state index in [1.807, 2.05) is 13.8 Å². The molecule has 1 aromatic heterocycles. The fraction of sp³-hybridized carbons (Fsp3) is 0.333. The van der Waals surface area contributed by atoms with Crippen LogP contribution in [0.15, 0.2) is 59.6 Å². The molecule has 0 fully saturated rings. The number of sulfonamides is 1. The normalized spacial score (nSPS) is 12.7. The van der Waals surface area contributed by atoms with Crippen LogP contribution in [-0.2, 0) is 16.4 Å². The zero-order chi connectivity index (χ0) is 24.2. The van der Waals surface area contributed by atoms with Crippen molar-refractivity contribution >= 4 is 15.9 Å². The van der Waals surface area contributed by atoms with Gasteiger partial charge in [0.15, 0.2) is 0 Å². The number of carbonyl (C=O) groups is 1. The van der Waals surface area contributed by atoms with Crippen LogP contribution >= 0.6 is 0 Å². The molecular weight excluding hydrogens is 443 g/mol. The Bertz CT molecular complexity index is 1200. The topological polar surface area (TPSA) is 84.3 Å². The molecule has 0 bridgehead atoms. The first-order chi connectivity index (χ1) is 15.7. The van der Waals surface area contributed by atoms with E-state index in [1.165, 1.54) is 22.6 Å². The van der Waals surface area contributed by atoms with Crippen LogP contribution in [0, 0.1) is 5.82 Å². The lowest BCUT2D eigenvalue weighted by Crippen LogP contribution is -2.30. The number of rotatable bonds is 9. The number of nitrogens with zero attached hydrogens (tertiary/aromatic N) is 3. The summed E-state index contributed by atoms with van der Waals surface area (Å²) >= 11 is 0. The van der Waals surface area contributed by atoms with E-state index in [1.54, 1.807) is 54.9 Å². The van der Waals surface area contributed by atoms with Crippen molar-refractivity contribution in [2.24, 2.45) is 0 Å². The zero-order valence-electron chi connectivity index (χ0n) is 19.2. The van der Waals surface area contributed by atoms with E-state index in [0.29, 0.717) is 36.5 Å². The first kappa shape index (κ1) is 24.6. The molecule has 1 unspecified atom stereocenters. The van der Waals surface area contributed by atoms with E-state index < -0.39 is 10.0 Å². The van der Waals surface area contributed by atoms with Gasteiger partial charge in [0.2, 0.25) is 10.0 Å². The molecule has 0 saturated carbocycles. The quantitative estimate of drug-likeness (QED) is 0.508. The van der Waals surface area contributed by atoms with E-state index in [9.17, 15) is 17.6 Å². The largest absolute Gasteiger partial charge is 0.345 e. The predicted octanol–water partition coefficient (Wildman–Crippen LogP) is 4.10. The minimum Gasteiger partial charge on any atom is -0.345 e. The maximum Gasteiger partial charge on any atom is 0.255 e. The summed E-state index contributed by atoms with van der Waals surface area (Å²) in [5.41, 5.74) is 2.61. The molecule has 1 atom stereocenters. The van der Waals surface area contributed by atoms with Crippen LogP contribution in [-0.4, -0.2) is 41.5 Å². The fourth-order valence-electron chi connectivity index (χ4n) is 3.71. The lowest BCUT2D eigenvalue weighted by Gasteiger charge is -2.19. The van der Waals surface area contributed by atoms with Crippen LogP contribution in [0.4, 0.5) is 4.39 Å². The molecule has 1 N–H and O–H groups in total. The highest BCUT2D eigenvalue weighted by Crippen LogP contribution is 2.21. The van der Waals surface area contributed by atoms with E-state index in [2.05, 4.69) is 10.4 Å². The molecule has 176 valence electrons. The Morgan fingerprint density at radius 1 is 1.06 bits per heavy atom. The molecule has 7 nitrogen and oxygen atoms in total. The number of carbonyl (C=O) groups excluding carboxylic acids is 1. The van der Waals surface area contributed by atoms with Crippen LogP contribution < -0.4 is 5.32 Å². The summed E-state index contributed by atoms with van der Waals surface area (Å²) in [6.45, 7) is 8.16. The third-order valence-corrected chi connectivity index (χ3v) is 7.65. The number of amides is 1. The van der Waals surface area contributed by atoms with Crippen LogP contribution in [0.1, 0.15) is 55.4 Å². The molecule has 9 heteroatoms. The molecule has 0 aliphatic heterocycles. The Morgan fingerprint density at radius 2 is 1.67 bits per heavy atom. The molecule has 1 heterocycles. The van der Waals surface area contributed by atoms with Crippen molar-refractivity contribution in [3.63, 3.8) is 0 Å². The Hall–Kier alpha value is -3.04. The second kappa shape index (κ2) is 10.3. The average Bonchev–Trinajstić information content (AvgIpc) is 3.24. The second-order valence-electron chi connectivity index (χ2n) is 7.60. The van der Waals surface area contributed by atoms with Gasteiger partial charge >= 0.3 is 0 Å². The molecule has 0 aliphatic rings. The van der Waals surface area contributed by atoms with Crippen LogP contribution in [0.5, 0.6) is 0 Å². The Morgan fingerprint density at radius 3 is 2.21 bits per heavy atom. The molecule has 3 rings (SSSR count). The first-order valence-electron chi connectivity index (χ1n) is 11.0. The van der Waals surface area contributed by atoms with Crippen molar-refractivity contribution in [3.8, 4) is 5.69 Å². The van der Waals surface area contributed by atoms with Crippen LogP contribution in [0.3, 0.4) is 0 Å². The molecule has 3 aromatic rings. The van der Waals surface area contributed by atoms with Crippen molar-refractivity contribution in [2.75, 3.05) is 13.1 Å². The molecule has 33 heavy (non-hydrogen) atoms. The Kier molecular flexibility index (Phi) is 7.65. The zero-order valence-corrected chi connectivity index (χ0v) is 20.1. The SMILES string of the molecule is CCc1c(C(=O)NC(C)c2ccc(S(=O)(=O)N(CC)CC)cc2)cnn1-c1ccc(F)cc1. The van der Waals surface area contributed by atoms with Gasteiger partial charge in [-0.1, -0.05) is 32.9 Å². The minimum absolute atomic E-state index is 0.224. The van der Waals surface area contributed by atoms with Gasteiger partial charge in [-0.15, -0.1) is 0 Å². The van der Waals surface area contributed by atoms with Gasteiger partial charge in [0, 0.05) is 13.1 Å². The maximum absolute atomic E-state index is 13.3. The van der Waals surface area contributed by atoms with Crippen molar-refractivity contribution in [2.45, 2.75) is 45.1 Å². The van der Waals surface area contributed by atoms with Gasteiger partial charge in [-0.05, 0) is 55.3 Å². The van der Waals surface area contributed by atoms with Crippen molar-refractivity contribution in [3.05, 3.63) is 77.4 Å². The number of nitrogens with one attached hydrogen (secondary N) is 1. The molecule has 0 spiro atoms. The highest BCUT2D eigenvalue weighted by molar-refractivity contribution is 7.89. The Labute approximate surface area is 194 Å². The van der Waals surface area contributed by atoms with Gasteiger partial charge in [-0.2, -0.15) is 9.40 Å². The number of benzene rings is 2. The van der Waals surface area contributed by atoms with Crippen molar-refractivity contribution in [1.29, 1.82) is 0 Å². The summed E-state index contributed by atoms with van der Waals surface area (Å²) in [6.07, 6.45) is 2.07. The van der Waals surface area contributed by atoms with Gasteiger partial charge in [-0.3, -0.25) is 4.79 Å². The number of hydrogen-bond donors (Lipinski definition) is 1. The third kappa shape index (κ3) is 5.15. The molecule has 1 amide bonds. The molecule has 0 aliphatic carbocycles. The third-order valence-electron chi connectivity index (χ3n) is 5.59. The fourth-order valence-corrected chi connectivity index (χ4v) is 5.17. The van der Waals surface area contributed by atoms with Gasteiger partial charge in [0.05, 0.1) is 34.1 Å². The first-order valence-corrected chi connectivity index (χ1v) is 12.4. The van der Waals surface area contributed by atoms with E-state index >= 15 is 0 Å². The van der Waals surface area contributed by atoms with E-state index in [4.69, 9.17) is 0 Å². The second-order valence-corrected chi connectivity index (χ2v) is 9.54. The summed E-state index contributed by atoms with van der Waals surface area (Å²) in [5.74, 6) is -0.626. The molecule has 2 aromatic carbocycles. The minimum atomic E-state index is -3.53. The molecular formula is C24H29FN4O3S. The molecule has 0 radical (unpaired) electrons. The number of hydrogen-bond acceptors (Lipinski definition) is 4. The van der Waals surface area contributed by atoms with E-state index in [-0.39, 0.29) is 22.7 Å². The highest BCUT2D eigenvalue weighted by atomic mass is 32.2. The summed E-state index contributed by atoms with van der Waals surface area (Å²) in [6, 6.07) is 12.1. The van der Waals surface area contributed by atoms with Crippen molar-refractivity contribution in [1.82, 2.24) is 19.4 Å². The summed E-state index contributed by atoms with van der Waals surface area (Å²) in [4.78, 5) is 13.2. The lowest BCUT2D eigenvalue weighted by molar-refractivity contribution is 0.0939. The lowest BCUT2D eigenvalue weighted by atomic mass is 10.1. The van der Waals surface area contributed by atoms with Gasteiger partial charge < -0.3 is 5.32 Å². The Balaban J connectivity index is 1.78. The average molecular weight is 473 g/mol. The summed E-state index contributed by atoms with van der Waals surface area (Å²) < 4.78 is 41.6. The standard InChI is InChI=1S/C24H29FN4O3S/c1-5-23-22(16-26-29(23)20-12-10-19(25)11-13-20)24(30)27-17(4)18-8-14-21(15-9-18)33(31,32)28(6-2)7-3/h8-17H,5-7H2,1-4H3,(H,27,30). The number of halogens is 1. The predicted molar refractivity (Wildman–Crippen MR) is 125 cm³/mol. The summed E-state index contributed by atoms with van der Waals surface area (Å²) in [5, 5.41) is 7.27. The van der Waals surface area contributed by atoms with Crippen LogP contribution in [0.25, 0.3) is 5.69 Å². The van der Waals surface area contributed by atoms with E-state index in [0.717, 1.165) is 5.56 Å². The monoisotopic (exact) mass is 472 g/mol. The summed E-state index contributed by atoms with van der Waals surface area (Å²) in [7, 11) is -3.53. The van der Waals surface area contributed by atoms with Crippen molar-refractivity contribution < 1.29 is 17.6 Å². The maximum atomic E-state index is 13.3. The molecule has 0 saturated heterocycles. The highest BCUT2D eigenvalue weighted by Gasteiger charge is 2.23. The van der Waals surface area contributed by atoms with Gasteiger partial charge in [-0.25, -0.2) is 17.5 Å². The smallest absolute Gasteiger partial charge is 0.255 e.